The zero-order valence-electron chi connectivity index (χ0n) is 16.1. The summed E-state index contributed by atoms with van der Waals surface area (Å²) in [5.41, 5.74) is 1.05. The van der Waals surface area contributed by atoms with Gasteiger partial charge in [-0.15, -0.1) is 0 Å². The second-order valence-corrected chi connectivity index (χ2v) is 8.19. The van der Waals surface area contributed by atoms with Crippen LogP contribution < -0.4 is 14.4 Å². The molecule has 0 aliphatic carbocycles. The van der Waals surface area contributed by atoms with Crippen molar-refractivity contribution in [2.75, 3.05) is 31.6 Å². The van der Waals surface area contributed by atoms with Gasteiger partial charge in [0, 0.05) is 20.6 Å². The Morgan fingerprint density at radius 3 is 2.21 bits per heavy atom. The minimum Gasteiger partial charge on any atom is -0.494 e. The summed E-state index contributed by atoms with van der Waals surface area (Å²) in [4.78, 5) is 12.4. The summed E-state index contributed by atoms with van der Waals surface area (Å²) in [7, 11) is -1.20. The number of rotatable bonds is 9. The Balaban J connectivity index is 2.08. The molecule has 0 radical (unpaired) electrons. The number of benzene rings is 2. The second kappa shape index (κ2) is 9.52. The SMILES string of the molecule is CCOc1ccc(CNC(=O)CN(c2ccc(F)cc2)S(=O)(=O)N(C)C)cc1. The number of nitrogens with one attached hydrogen (secondary N) is 1. The molecule has 28 heavy (non-hydrogen) atoms. The Labute approximate surface area is 164 Å². The van der Waals surface area contributed by atoms with E-state index in [9.17, 15) is 17.6 Å². The molecule has 7 nitrogen and oxygen atoms in total. The van der Waals surface area contributed by atoms with Gasteiger partial charge in [0.15, 0.2) is 0 Å². The van der Waals surface area contributed by atoms with Crippen LogP contribution in [-0.4, -0.2) is 45.9 Å². The number of halogens is 1. The third-order valence-electron chi connectivity index (χ3n) is 3.87. The molecule has 1 N–H and O–H groups in total. The lowest BCUT2D eigenvalue weighted by Crippen LogP contribution is -2.45. The molecule has 0 atom stereocenters. The first kappa shape index (κ1) is 21.6. The number of anilines is 1. The van der Waals surface area contributed by atoms with E-state index in [1.807, 2.05) is 19.1 Å². The Bertz CT molecular complexity index is 884. The molecular formula is C19H24FN3O4S. The molecule has 2 aromatic carbocycles. The van der Waals surface area contributed by atoms with E-state index in [0.717, 1.165) is 32.1 Å². The number of carbonyl (C=O) groups excluding carboxylic acids is 1. The number of hydrogen-bond acceptors (Lipinski definition) is 4. The van der Waals surface area contributed by atoms with E-state index >= 15 is 0 Å². The van der Waals surface area contributed by atoms with Crippen LogP contribution in [0.25, 0.3) is 0 Å². The standard InChI is InChI=1S/C19H24FN3O4S/c1-4-27-18-11-5-15(6-12-18)13-21-19(24)14-23(28(25,26)22(2)3)17-9-7-16(20)8-10-17/h5-12H,4,13-14H2,1-3H3,(H,21,24). The average Bonchev–Trinajstić information content (AvgIpc) is 2.66. The zero-order chi connectivity index (χ0) is 20.7. The molecule has 9 heteroatoms. The molecule has 2 aromatic rings. The molecule has 0 heterocycles. The van der Waals surface area contributed by atoms with E-state index in [1.165, 1.54) is 26.2 Å². The quantitative estimate of drug-likeness (QED) is 0.688. The van der Waals surface area contributed by atoms with Crippen LogP contribution in [0.4, 0.5) is 10.1 Å². The van der Waals surface area contributed by atoms with Gasteiger partial charge >= 0.3 is 10.2 Å². The summed E-state index contributed by atoms with van der Waals surface area (Å²) in [5, 5.41) is 2.69. The molecule has 0 saturated carbocycles. The van der Waals surface area contributed by atoms with E-state index in [2.05, 4.69) is 5.32 Å². The van der Waals surface area contributed by atoms with Crippen molar-refractivity contribution in [3.63, 3.8) is 0 Å². The Morgan fingerprint density at radius 2 is 1.68 bits per heavy atom. The predicted octanol–water partition coefficient (Wildman–Crippen LogP) is 2.15. The maximum atomic E-state index is 13.2. The van der Waals surface area contributed by atoms with E-state index in [0.29, 0.717) is 6.61 Å². The van der Waals surface area contributed by atoms with Crippen molar-refractivity contribution in [2.24, 2.45) is 0 Å². The topological polar surface area (TPSA) is 79.0 Å². The highest BCUT2D eigenvalue weighted by atomic mass is 32.2. The normalized spacial score (nSPS) is 11.3. The van der Waals surface area contributed by atoms with Crippen molar-refractivity contribution in [1.82, 2.24) is 9.62 Å². The van der Waals surface area contributed by atoms with Gasteiger partial charge in [-0.1, -0.05) is 12.1 Å². The molecule has 152 valence electrons. The average molecular weight is 409 g/mol. The molecule has 0 unspecified atom stereocenters. The van der Waals surface area contributed by atoms with Gasteiger partial charge in [0.25, 0.3) is 0 Å². The molecule has 0 aromatic heterocycles. The van der Waals surface area contributed by atoms with Gasteiger partial charge in [0.2, 0.25) is 5.91 Å². The van der Waals surface area contributed by atoms with Crippen molar-refractivity contribution in [3.05, 3.63) is 59.9 Å². The lowest BCUT2D eigenvalue weighted by atomic mass is 10.2. The van der Waals surface area contributed by atoms with Crippen LogP contribution >= 0.6 is 0 Å². The first-order valence-corrected chi connectivity index (χ1v) is 10.1. The number of ether oxygens (including phenoxy) is 1. The van der Waals surface area contributed by atoms with Crippen molar-refractivity contribution in [1.29, 1.82) is 0 Å². The maximum absolute atomic E-state index is 13.2. The minimum atomic E-state index is -3.93. The van der Waals surface area contributed by atoms with Crippen LogP contribution in [0.1, 0.15) is 12.5 Å². The van der Waals surface area contributed by atoms with Crippen molar-refractivity contribution in [2.45, 2.75) is 13.5 Å². The summed E-state index contributed by atoms with van der Waals surface area (Å²) >= 11 is 0. The Kier molecular flexibility index (Phi) is 7.36. The van der Waals surface area contributed by atoms with Crippen LogP contribution in [0.5, 0.6) is 5.75 Å². The first-order chi connectivity index (χ1) is 13.2. The van der Waals surface area contributed by atoms with Crippen molar-refractivity contribution >= 4 is 21.8 Å². The van der Waals surface area contributed by atoms with Crippen LogP contribution in [-0.2, 0) is 21.5 Å². The molecule has 0 aliphatic heterocycles. The van der Waals surface area contributed by atoms with E-state index < -0.39 is 28.5 Å². The predicted molar refractivity (Wildman–Crippen MR) is 106 cm³/mol. The number of hydrogen-bond donors (Lipinski definition) is 1. The van der Waals surface area contributed by atoms with Gasteiger partial charge in [-0.2, -0.15) is 12.7 Å². The smallest absolute Gasteiger partial charge is 0.304 e. The van der Waals surface area contributed by atoms with Gasteiger partial charge in [-0.05, 0) is 48.9 Å². The van der Waals surface area contributed by atoms with Gasteiger partial charge in [0.1, 0.15) is 18.1 Å². The fraction of sp³-hybridized carbons (Fsp3) is 0.316. The highest BCUT2D eigenvalue weighted by Crippen LogP contribution is 2.19. The fourth-order valence-electron chi connectivity index (χ4n) is 2.37. The van der Waals surface area contributed by atoms with E-state index in [1.54, 1.807) is 12.1 Å². The van der Waals surface area contributed by atoms with Crippen molar-refractivity contribution in [3.8, 4) is 5.75 Å². The molecule has 0 fully saturated rings. The lowest BCUT2D eigenvalue weighted by molar-refractivity contribution is -0.119. The molecule has 0 saturated heterocycles. The maximum Gasteiger partial charge on any atom is 0.304 e. The minimum absolute atomic E-state index is 0.200. The lowest BCUT2D eigenvalue weighted by Gasteiger charge is -2.26. The largest absolute Gasteiger partial charge is 0.494 e. The summed E-state index contributed by atoms with van der Waals surface area (Å²) in [6.45, 7) is 2.27. The molecule has 0 spiro atoms. The molecule has 1 amide bonds. The van der Waals surface area contributed by atoms with Crippen LogP contribution in [0.2, 0.25) is 0 Å². The van der Waals surface area contributed by atoms with Gasteiger partial charge in [0.05, 0.1) is 12.3 Å². The second-order valence-electron chi connectivity index (χ2n) is 6.13. The highest BCUT2D eigenvalue weighted by Gasteiger charge is 2.27. The van der Waals surface area contributed by atoms with Crippen LogP contribution in [0.3, 0.4) is 0 Å². The monoisotopic (exact) mass is 409 g/mol. The molecule has 0 aliphatic rings. The van der Waals surface area contributed by atoms with Gasteiger partial charge in [-0.25, -0.2) is 8.70 Å². The summed E-state index contributed by atoms with van der Waals surface area (Å²) in [6.07, 6.45) is 0. The Morgan fingerprint density at radius 1 is 1.07 bits per heavy atom. The van der Waals surface area contributed by atoms with Gasteiger partial charge in [-0.3, -0.25) is 4.79 Å². The summed E-state index contributed by atoms with van der Waals surface area (Å²) < 4.78 is 45.7. The van der Waals surface area contributed by atoms with Crippen molar-refractivity contribution < 1.29 is 22.3 Å². The Hall–Kier alpha value is -2.65. The van der Waals surface area contributed by atoms with Crippen LogP contribution in [0.15, 0.2) is 48.5 Å². The third kappa shape index (κ3) is 5.67. The molecular weight excluding hydrogens is 385 g/mol. The number of nitrogens with zero attached hydrogens (tertiary/aromatic N) is 2. The number of amides is 1. The van der Waals surface area contributed by atoms with Gasteiger partial charge < -0.3 is 10.1 Å². The molecule has 2 rings (SSSR count). The zero-order valence-corrected chi connectivity index (χ0v) is 16.9. The third-order valence-corrected chi connectivity index (χ3v) is 5.69. The summed E-state index contributed by atoms with van der Waals surface area (Å²) in [5.74, 6) is -0.244. The first-order valence-electron chi connectivity index (χ1n) is 8.68. The van der Waals surface area contributed by atoms with Crippen LogP contribution in [0, 0.1) is 5.82 Å². The molecule has 0 bridgehead atoms. The highest BCUT2D eigenvalue weighted by molar-refractivity contribution is 7.90. The fourth-order valence-corrected chi connectivity index (χ4v) is 3.43. The van der Waals surface area contributed by atoms with E-state index in [4.69, 9.17) is 4.74 Å². The number of carbonyl (C=O) groups is 1. The van der Waals surface area contributed by atoms with E-state index in [-0.39, 0.29) is 12.2 Å². The summed E-state index contributed by atoms with van der Waals surface area (Å²) in [6, 6.07) is 12.2.